The Kier molecular flexibility index (Phi) is 7.43. The number of hydrogen-bond acceptors (Lipinski definition) is 9. The van der Waals surface area contributed by atoms with E-state index in [2.05, 4.69) is 44.5 Å². The molecule has 0 saturated carbocycles. The maximum atomic E-state index is 10.7. The van der Waals surface area contributed by atoms with Crippen molar-refractivity contribution in [2.45, 2.75) is 32.3 Å². The highest BCUT2D eigenvalue weighted by atomic mass is 35.5. The molecule has 1 aromatic heterocycles. The summed E-state index contributed by atoms with van der Waals surface area (Å²) in [4.78, 5) is 12.8. The third-order valence-electron chi connectivity index (χ3n) is 6.54. The third kappa shape index (κ3) is 5.34. The highest BCUT2D eigenvalue weighted by Gasteiger charge is 2.32. The number of rotatable bonds is 9. The maximum absolute atomic E-state index is 10.7. The Morgan fingerprint density at radius 1 is 1.06 bits per heavy atom. The van der Waals surface area contributed by atoms with Crippen LogP contribution in [0, 0.1) is 0 Å². The van der Waals surface area contributed by atoms with Crippen molar-refractivity contribution < 1.29 is 14.6 Å². The van der Waals surface area contributed by atoms with Crippen LogP contribution >= 0.6 is 11.6 Å². The summed E-state index contributed by atoms with van der Waals surface area (Å²) in [6.07, 6.45) is 1.55. The van der Waals surface area contributed by atoms with E-state index in [4.69, 9.17) is 26.8 Å². The SMILES string of the molecule is COCCOc1nc(N)c2c(n1)N(Cc1cc(-c3ccc(CN4CCCC4)cc3)ccc1Cl)[C@@H](O)N2. The number of nitrogens with one attached hydrogen (secondary N) is 1. The fourth-order valence-electron chi connectivity index (χ4n) is 4.62. The molecule has 3 aromatic rings. The Morgan fingerprint density at radius 3 is 2.56 bits per heavy atom. The Bertz CT molecular complexity index is 1200. The Labute approximate surface area is 215 Å². The highest BCUT2D eigenvalue weighted by molar-refractivity contribution is 6.31. The van der Waals surface area contributed by atoms with E-state index in [1.54, 1.807) is 12.0 Å². The van der Waals surface area contributed by atoms with Crippen LogP contribution in [0.15, 0.2) is 42.5 Å². The molecule has 2 aromatic carbocycles. The molecule has 3 heterocycles. The third-order valence-corrected chi connectivity index (χ3v) is 6.90. The largest absolute Gasteiger partial charge is 0.461 e. The van der Waals surface area contributed by atoms with Crippen LogP contribution in [0.25, 0.3) is 11.1 Å². The van der Waals surface area contributed by atoms with Crippen LogP contribution in [0.5, 0.6) is 6.01 Å². The van der Waals surface area contributed by atoms with Gasteiger partial charge < -0.3 is 30.5 Å². The quantitative estimate of drug-likeness (QED) is 0.371. The molecule has 1 atom stereocenters. The van der Waals surface area contributed by atoms with Crippen molar-refractivity contribution in [3.05, 3.63) is 58.6 Å². The first-order valence-electron chi connectivity index (χ1n) is 12.1. The van der Waals surface area contributed by atoms with Gasteiger partial charge in [0, 0.05) is 18.7 Å². The average Bonchev–Trinajstić information content (AvgIpc) is 3.49. The first-order valence-corrected chi connectivity index (χ1v) is 12.5. The second kappa shape index (κ2) is 10.9. The predicted molar refractivity (Wildman–Crippen MR) is 141 cm³/mol. The van der Waals surface area contributed by atoms with Crippen molar-refractivity contribution in [2.24, 2.45) is 0 Å². The number of ether oxygens (including phenoxy) is 2. The van der Waals surface area contributed by atoms with Gasteiger partial charge in [-0.15, -0.1) is 0 Å². The zero-order valence-electron chi connectivity index (χ0n) is 20.3. The van der Waals surface area contributed by atoms with Gasteiger partial charge in [-0.1, -0.05) is 41.9 Å². The summed E-state index contributed by atoms with van der Waals surface area (Å²) < 4.78 is 10.6. The number of likely N-dealkylation sites (tertiary alicyclic amines) is 1. The van der Waals surface area contributed by atoms with E-state index in [1.165, 1.54) is 31.5 Å². The van der Waals surface area contributed by atoms with E-state index in [0.717, 1.165) is 23.2 Å². The lowest BCUT2D eigenvalue weighted by Gasteiger charge is -2.22. The molecule has 0 bridgehead atoms. The number of aliphatic hydroxyl groups excluding tert-OH is 1. The molecular formula is C26H31ClN6O3. The number of nitrogens with zero attached hydrogens (tertiary/aromatic N) is 4. The normalized spacial score (nSPS) is 17.3. The van der Waals surface area contributed by atoms with Crippen LogP contribution in [0.4, 0.5) is 17.3 Å². The second-order valence-corrected chi connectivity index (χ2v) is 9.47. The van der Waals surface area contributed by atoms with Crippen LogP contribution in [0.2, 0.25) is 5.02 Å². The fourth-order valence-corrected chi connectivity index (χ4v) is 4.79. The Balaban J connectivity index is 1.35. The van der Waals surface area contributed by atoms with Gasteiger partial charge in [0.1, 0.15) is 12.3 Å². The summed E-state index contributed by atoms with van der Waals surface area (Å²) in [5.74, 6) is 0.651. The molecule has 5 rings (SSSR count). The molecule has 0 radical (unpaired) electrons. The van der Waals surface area contributed by atoms with Gasteiger partial charge in [-0.2, -0.15) is 9.97 Å². The lowest BCUT2D eigenvalue weighted by molar-refractivity contribution is 0.141. The minimum atomic E-state index is -1.03. The van der Waals surface area contributed by atoms with Gasteiger partial charge in [-0.25, -0.2) is 0 Å². The molecule has 1 saturated heterocycles. The number of hydrogen-bond donors (Lipinski definition) is 3. The zero-order valence-corrected chi connectivity index (χ0v) is 21.0. The molecule has 190 valence electrons. The average molecular weight is 511 g/mol. The number of anilines is 3. The van der Waals surface area contributed by atoms with Crippen LogP contribution in [-0.4, -0.2) is 59.7 Å². The first-order chi connectivity index (χ1) is 17.5. The molecule has 0 aliphatic carbocycles. The van der Waals surface area contributed by atoms with Gasteiger partial charge >= 0.3 is 6.01 Å². The molecule has 2 aliphatic heterocycles. The molecule has 0 spiro atoms. The molecule has 0 amide bonds. The van der Waals surface area contributed by atoms with Crippen molar-refractivity contribution in [1.29, 1.82) is 0 Å². The number of halogens is 1. The van der Waals surface area contributed by atoms with Gasteiger partial charge in [0.2, 0.25) is 6.35 Å². The number of nitrogens with two attached hydrogens (primary N) is 1. The molecule has 9 nitrogen and oxygen atoms in total. The standard InChI is InChI=1S/C26H31ClN6O3/c1-35-12-13-36-25-30-23(28)22-24(31-25)33(26(34)29-22)16-20-14-19(8-9-21(20)27)18-6-4-17(5-7-18)15-32-10-2-3-11-32/h4-9,14,26,29,34H,2-3,10-13,15-16H2,1H3,(H2,28,30,31)/t26-/m0/s1. The molecular weight excluding hydrogens is 480 g/mol. The van der Waals surface area contributed by atoms with Gasteiger partial charge in [0.05, 0.1) is 13.2 Å². The summed E-state index contributed by atoms with van der Waals surface area (Å²) in [5, 5.41) is 14.2. The Hall–Kier alpha value is -3.11. The number of methoxy groups -OCH3 is 1. The molecule has 36 heavy (non-hydrogen) atoms. The van der Waals surface area contributed by atoms with E-state index in [0.29, 0.717) is 29.7 Å². The highest BCUT2D eigenvalue weighted by Crippen LogP contribution is 2.39. The van der Waals surface area contributed by atoms with Crippen LogP contribution < -0.4 is 20.7 Å². The van der Waals surface area contributed by atoms with Crippen molar-refractivity contribution in [3.63, 3.8) is 0 Å². The first kappa shape index (κ1) is 24.6. The number of aliphatic hydroxyl groups is 1. The molecule has 0 unspecified atom stereocenters. The summed E-state index contributed by atoms with van der Waals surface area (Å²) in [7, 11) is 1.59. The van der Waals surface area contributed by atoms with Gasteiger partial charge in [-0.05, 0) is 60.3 Å². The molecule has 2 aliphatic rings. The fraction of sp³-hybridized carbons (Fsp3) is 0.385. The van der Waals surface area contributed by atoms with E-state index in [-0.39, 0.29) is 18.4 Å². The minimum Gasteiger partial charge on any atom is -0.461 e. The lowest BCUT2D eigenvalue weighted by Crippen LogP contribution is -2.35. The van der Waals surface area contributed by atoms with Crippen molar-refractivity contribution in [1.82, 2.24) is 14.9 Å². The summed E-state index contributed by atoms with van der Waals surface area (Å²) >= 11 is 6.57. The van der Waals surface area contributed by atoms with Gasteiger partial charge in [-0.3, -0.25) is 4.90 Å². The maximum Gasteiger partial charge on any atom is 0.320 e. The van der Waals surface area contributed by atoms with E-state index in [1.807, 2.05) is 18.2 Å². The molecule has 1 fully saturated rings. The lowest BCUT2D eigenvalue weighted by atomic mass is 10.0. The number of benzene rings is 2. The van der Waals surface area contributed by atoms with Gasteiger partial charge in [0.25, 0.3) is 0 Å². The van der Waals surface area contributed by atoms with E-state index < -0.39 is 6.35 Å². The summed E-state index contributed by atoms with van der Waals surface area (Å²) in [5.41, 5.74) is 10.9. The zero-order chi connectivity index (χ0) is 25.1. The van der Waals surface area contributed by atoms with Gasteiger partial charge in [0.15, 0.2) is 11.6 Å². The van der Waals surface area contributed by atoms with E-state index >= 15 is 0 Å². The Morgan fingerprint density at radius 2 is 1.81 bits per heavy atom. The van der Waals surface area contributed by atoms with Crippen LogP contribution in [-0.2, 0) is 17.8 Å². The molecule has 10 heteroatoms. The minimum absolute atomic E-state index is 0.123. The monoisotopic (exact) mass is 510 g/mol. The van der Waals surface area contributed by atoms with E-state index in [9.17, 15) is 5.11 Å². The predicted octanol–water partition coefficient (Wildman–Crippen LogP) is 3.71. The number of aromatic nitrogens is 2. The van der Waals surface area contributed by atoms with Crippen molar-refractivity contribution in [3.8, 4) is 17.1 Å². The summed E-state index contributed by atoms with van der Waals surface area (Å²) in [6.45, 7) is 4.35. The van der Waals surface area contributed by atoms with Crippen LogP contribution in [0.1, 0.15) is 24.0 Å². The van der Waals surface area contributed by atoms with Crippen molar-refractivity contribution >= 4 is 28.9 Å². The number of nitrogen functional groups attached to an aromatic ring is 1. The number of fused-ring (bicyclic) bond motifs is 1. The topological polar surface area (TPSA) is 109 Å². The smallest absolute Gasteiger partial charge is 0.320 e. The summed E-state index contributed by atoms with van der Waals surface area (Å²) in [6, 6.07) is 14.7. The van der Waals surface area contributed by atoms with Crippen molar-refractivity contribution in [2.75, 3.05) is 49.4 Å². The second-order valence-electron chi connectivity index (χ2n) is 9.06. The molecule has 4 N–H and O–H groups in total. The van der Waals surface area contributed by atoms with Crippen LogP contribution in [0.3, 0.4) is 0 Å².